The Morgan fingerprint density at radius 2 is 2.17 bits per heavy atom. The Bertz CT molecular complexity index is 215. The molecule has 0 unspecified atom stereocenters. The first kappa shape index (κ1) is 11.0. The maximum atomic E-state index is 8.78. The minimum absolute atomic E-state index is 0.704. The molecule has 0 saturated carbocycles. The van der Waals surface area contributed by atoms with E-state index in [0.717, 1.165) is 0 Å². The molecule has 1 rings (SSSR count). The van der Waals surface area contributed by atoms with Gasteiger partial charge in [-0.05, 0) is 17.4 Å². The fourth-order valence-electron chi connectivity index (χ4n) is 0.620. The van der Waals surface area contributed by atoms with Crippen molar-refractivity contribution in [1.29, 1.82) is 0 Å². The van der Waals surface area contributed by atoms with Crippen LogP contribution in [0.25, 0.3) is 0 Å². The van der Waals surface area contributed by atoms with Gasteiger partial charge in [0.1, 0.15) is 0 Å². The third-order valence-electron chi connectivity index (χ3n) is 1.11. The zero-order valence-electron chi connectivity index (χ0n) is 7.15. The fourth-order valence-corrected chi connectivity index (χ4v) is 1.36. The van der Waals surface area contributed by atoms with Crippen LogP contribution in [0, 0.1) is 0 Å². The highest BCUT2D eigenvalue weighted by atomic mass is 32.1. The number of carboxylic acid groups (broad SMARTS) is 1. The number of hydrogen-bond acceptors (Lipinski definition) is 2. The smallest absolute Gasteiger partial charge is 0.402 e. The van der Waals surface area contributed by atoms with E-state index in [1.807, 2.05) is 11.3 Å². The van der Waals surface area contributed by atoms with Gasteiger partial charge in [-0.25, -0.2) is 4.79 Å². The molecule has 1 amide bonds. The molecule has 0 aliphatic heterocycles. The Labute approximate surface area is 75.8 Å². The topological polar surface area (TPSA) is 63.3 Å². The van der Waals surface area contributed by atoms with E-state index in [9.17, 15) is 0 Å². The summed E-state index contributed by atoms with van der Waals surface area (Å²) in [4.78, 5) is 10.3. The number of thiophene rings is 1. The van der Waals surface area contributed by atoms with Crippen molar-refractivity contribution in [3.63, 3.8) is 0 Å². The van der Waals surface area contributed by atoms with Crippen LogP contribution < -0.4 is 5.73 Å². The van der Waals surface area contributed by atoms with Gasteiger partial charge in [0.25, 0.3) is 0 Å². The highest BCUT2D eigenvalue weighted by molar-refractivity contribution is 7.10. The van der Waals surface area contributed by atoms with Crippen LogP contribution in [0.1, 0.15) is 24.6 Å². The average molecular weight is 187 g/mol. The predicted molar refractivity (Wildman–Crippen MR) is 50.6 cm³/mol. The van der Waals surface area contributed by atoms with E-state index in [0.29, 0.717) is 5.92 Å². The molecular formula is C8H13NO2S. The van der Waals surface area contributed by atoms with Gasteiger partial charge in [-0.3, -0.25) is 0 Å². The third-order valence-corrected chi connectivity index (χ3v) is 2.29. The van der Waals surface area contributed by atoms with Gasteiger partial charge in [-0.15, -0.1) is 11.3 Å². The Morgan fingerprint density at radius 3 is 2.33 bits per heavy atom. The molecule has 0 spiro atoms. The van der Waals surface area contributed by atoms with Gasteiger partial charge in [0, 0.05) is 4.88 Å². The zero-order chi connectivity index (χ0) is 9.56. The van der Waals surface area contributed by atoms with Gasteiger partial charge in [0.2, 0.25) is 0 Å². The summed E-state index contributed by atoms with van der Waals surface area (Å²) in [5.41, 5.74) is 4.03. The van der Waals surface area contributed by atoms with E-state index in [1.165, 1.54) is 4.88 Å². The lowest BCUT2D eigenvalue weighted by molar-refractivity contribution is 0.205. The average Bonchev–Trinajstić information content (AvgIpc) is 2.34. The SMILES string of the molecule is CC(C)c1cccs1.NC(=O)O. The number of nitrogens with two attached hydrogens (primary N) is 1. The van der Waals surface area contributed by atoms with Crippen LogP contribution >= 0.6 is 11.3 Å². The minimum atomic E-state index is -1.33. The molecular weight excluding hydrogens is 174 g/mol. The molecule has 68 valence electrons. The van der Waals surface area contributed by atoms with Crippen LogP contribution in [0.4, 0.5) is 4.79 Å². The van der Waals surface area contributed by atoms with Crippen LogP contribution in [-0.2, 0) is 0 Å². The lowest BCUT2D eigenvalue weighted by Gasteiger charge is -1.95. The van der Waals surface area contributed by atoms with Crippen molar-refractivity contribution < 1.29 is 9.90 Å². The van der Waals surface area contributed by atoms with Gasteiger partial charge in [0.05, 0.1) is 0 Å². The zero-order valence-corrected chi connectivity index (χ0v) is 7.97. The van der Waals surface area contributed by atoms with Gasteiger partial charge in [-0.2, -0.15) is 0 Å². The standard InChI is InChI=1S/C7H10S.CH3NO2/c1-6(2)7-4-3-5-8-7;2-1(3)4/h3-6H,1-2H3;2H2,(H,3,4). The molecule has 3 N–H and O–H groups in total. The normalized spacial score (nSPS) is 8.92. The lowest BCUT2D eigenvalue weighted by Crippen LogP contribution is -2.03. The van der Waals surface area contributed by atoms with Crippen LogP contribution in [0.3, 0.4) is 0 Å². The Kier molecular flexibility index (Phi) is 5.12. The lowest BCUT2D eigenvalue weighted by atomic mass is 10.2. The van der Waals surface area contributed by atoms with Gasteiger partial charge in [0.15, 0.2) is 0 Å². The maximum absolute atomic E-state index is 8.78. The van der Waals surface area contributed by atoms with Crippen molar-refractivity contribution in [2.45, 2.75) is 19.8 Å². The number of rotatable bonds is 1. The molecule has 0 fully saturated rings. The summed E-state index contributed by atoms with van der Waals surface area (Å²) in [6, 6.07) is 4.27. The summed E-state index contributed by atoms with van der Waals surface area (Å²) >= 11 is 1.83. The van der Waals surface area contributed by atoms with Crippen molar-refractivity contribution in [1.82, 2.24) is 0 Å². The molecule has 0 bridgehead atoms. The molecule has 0 aliphatic carbocycles. The molecule has 0 atom stereocenters. The van der Waals surface area contributed by atoms with Crippen LogP contribution in [-0.4, -0.2) is 11.2 Å². The van der Waals surface area contributed by atoms with Gasteiger partial charge < -0.3 is 10.8 Å². The summed E-state index contributed by atoms with van der Waals surface area (Å²) < 4.78 is 0. The summed E-state index contributed by atoms with van der Waals surface area (Å²) in [7, 11) is 0. The van der Waals surface area contributed by atoms with Crippen molar-refractivity contribution >= 4 is 17.4 Å². The highest BCUT2D eigenvalue weighted by Gasteiger charge is 1.95. The molecule has 1 heterocycles. The van der Waals surface area contributed by atoms with Crippen molar-refractivity contribution in [2.75, 3.05) is 0 Å². The largest absolute Gasteiger partial charge is 0.465 e. The second-order valence-electron chi connectivity index (χ2n) is 2.51. The first-order valence-corrected chi connectivity index (χ1v) is 4.43. The summed E-state index contributed by atoms with van der Waals surface area (Å²) in [5.74, 6) is 0.704. The van der Waals surface area contributed by atoms with Gasteiger partial charge >= 0.3 is 6.09 Å². The molecule has 3 nitrogen and oxygen atoms in total. The Morgan fingerprint density at radius 1 is 1.67 bits per heavy atom. The fraction of sp³-hybridized carbons (Fsp3) is 0.375. The van der Waals surface area contributed by atoms with E-state index >= 15 is 0 Å². The number of hydrogen-bond donors (Lipinski definition) is 2. The number of carbonyl (C=O) groups is 1. The third kappa shape index (κ3) is 5.73. The Balaban J connectivity index is 0.000000261. The van der Waals surface area contributed by atoms with E-state index in [4.69, 9.17) is 9.90 Å². The molecule has 4 heteroatoms. The highest BCUT2D eigenvalue weighted by Crippen LogP contribution is 2.18. The van der Waals surface area contributed by atoms with Crippen molar-refractivity contribution in [3.05, 3.63) is 22.4 Å². The van der Waals surface area contributed by atoms with E-state index < -0.39 is 6.09 Å². The minimum Gasteiger partial charge on any atom is -0.465 e. The molecule has 0 saturated heterocycles. The summed E-state index contributed by atoms with van der Waals surface area (Å²) in [6.45, 7) is 4.43. The van der Waals surface area contributed by atoms with Crippen molar-refractivity contribution in [2.24, 2.45) is 5.73 Å². The molecule has 0 aliphatic rings. The maximum Gasteiger partial charge on any atom is 0.402 e. The molecule has 0 aromatic carbocycles. The first-order valence-electron chi connectivity index (χ1n) is 3.55. The second-order valence-corrected chi connectivity index (χ2v) is 3.49. The predicted octanol–water partition coefficient (Wildman–Crippen LogP) is 2.49. The number of amides is 1. The molecule has 1 aromatic rings. The van der Waals surface area contributed by atoms with E-state index in [-0.39, 0.29) is 0 Å². The van der Waals surface area contributed by atoms with Crippen molar-refractivity contribution in [3.8, 4) is 0 Å². The van der Waals surface area contributed by atoms with Crippen LogP contribution in [0.5, 0.6) is 0 Å². The monoisotopic (exact) mass is 187 g/mol. The first-order chi connectivity index (χ1) is 5.54. The second kappa shape index (κ2) is 5.60. The van der Waals surface area contributed by atoms with Gasteiger partial charge in [-0.1, -0.05) is 19.9 Å². The van der Waals surface area contributed by atoms with Crippen LogP contribution in [0.2, 0.25) is 0 Å². The molecule has 12 heavy (non-hydrogen) atoms. The molecule has 0 radical (unpaired) electrons. The molecule has 1 aromatic heterocycles. The van der Waals surface area contributed by atoms with E-state index in [1.54, 1.807) is 0 Å². The van der Waals surface area contributed by atoms with Crippen LogP contribution in [0.15, 0.2) is 17.5 Å². The summed E-state index contributed by atoms with van der Waals surface area (Å²) in [6.07, 6.45) is -1.33. The van der Waals surface area contributed by atoms with E-state index in [2.05, 4.69) is 37.1 Å². The quantitative estimate of drug-likeness (QED) is 0.709. The number of primary amides is 1. The Hall–Kier alpha value is -1.03. The summed E-state index contributed by atoms with van der Waals surface area (Å²) in [5, 5.41) is 9.31.